The molecule has 0 bridgehead atoms. The van der Waals surface area contributed by atoms with E-state index in [2.05, 4.69) is 30.9 Å². The van der Waals surface area contributed by atoms with Crippen molar-refractivity contribution in [2.75, 3.05) is 57.4 Å². The number of ether oxygens (including phenoxy) is 1. The number of nitrogens with zero attached hydrogens (tertiary/aromatic N) is 4. The molecule has 37 heavy (non-hydrogen) atoms. The molecular weight excluding hydrogens is 529 g/mol. The van der Waals surface area contributed by atoms with Crippen LogP contribution >= 0.6 is 22.7 Å². The molecular formula is C26H34N4O4S3. The summed E-state index contributed by atoms with van der Waals surface area (Å²) < 4.78 is 34.7. The minimum atomic E-state index is -3.59. The van der Waals surface area contributed by atoms with Crippen LogP contribution in [0.5, 0.6) is 0 Å². The maximum atomic E-state index is 14.0. The summed E-state index contributed by atoms with van der Waals surface area (Å²) in [4.78, 5) is 23.1. The summed E-state index contributed by atoms with van der Waals surface area (Å²) in [7, 11) is -3.59. The Morgan fingerprint density at radius 2 is 2.03 bits per heavy atom. The second kappa shape index (κ2) is 11.5. The third-order valence-corrected chi connectivity index (χ3v) is 11.6. The van der Waals surface area contributed by atoms with E-state index in [4.69, 9.17) is 9.72 Å². The number of amides is 1. The lowest BCUT2D eigenvalue weighted by Crippen LogP contribution is -2.47. The summed E-state index contributed by atoms with van der Waals surface area (Å²) in [6.45, 7) is 9.55. The van der Waals surface area contributed by atoms with Crippen LogP contribution in [0.25, 0.3) is 10.2 Å². The number of aromatic nitrogens is 1. The number of carbonyl (C=O) groups is 1. The van der Waals surface area contributed by atoms with E-state index in [1.165, 1.54) is 15.6 Å². The van der Waals surface area contributed by atoms with Gasteiger partial charge in [-0.15, -0.1) is 11.3 Å². The molecule has 8 nitrogen and oxygen atoms in total. The van der Waals surface area contributed by atoms with Gasteiger partial charge in [-0.25, -0.2) is 13.4 Å². The van der Waals surface area contributed by atoms with E-state index >= 15 is 0 Å². The maximum Gasteiger partial charge on any atom is 0.252 e. The van der Waals surface area contributed by atoms with Crippen molar-refractivity contribution >= 4 is 54.0 Å². The molecule has 1 aromatic carbocycles. The third-order valence-electron chi connectivity index (χ3n) is 7.09. The number of piperidine rings is 1. The Morgan fingerprint density at radius 1 is 1.22 bits per heavy atom. The normalized spacial score (nSPS) is 19.9. The van der Waals surface area contributed by atoms with Gasteiger partial charge in [-0.05, 0) is 61.7 Å². The quantitative estimate of drug-likeness (QED) is 0.411. The van der Waals surface area contributed by atoms with Gasteiger partial charge in [0.2, 0.25) is 5.91 Å². The number of thiophene rings is 1. The molecule has 0 N–H and O–H groups in total. The van der Waals surface area contributed by atoms with E-state index in [0.29, 0.717) is 35.3 Å². The predicted octanol–water partition coefficient (Wildman–Crippen LogP) is 4.13. The molecule has 1 amide bonds. The second-order valence-corrected chi connectivity index (χ2v) is 13.9. The summed E-state index contributed by atoms with van der Waals surface area (Å²) in [6.07, 6.45) is 2.17. The zero-order chi connectivity index (χ0) is 26.0. The van der Waals surface area contributed by atoms with Gasteiger partial charge in [-0.3, -0.25) is 14.6 Å². The lowest BCUT2D eigenvalue weighted by molar-refractivity contribution is -0.123. The van der Waals surface area contributed by atoms with Crippen molar-refractivity contribution in [3.8, 4) is 0 Å². The molecule has 200 valence electrons. The van der Waals surface area contributed by atoms with Crippen LogP contribution in [-0.2, 0) is 19.6 Å². The van der Waals surface area contributed by atoms with Crippen molar-refractivity contribution in [2.45, 2.75) is 37.3 Å². The molecule has 4 heterocycles. The average molecular weight is 563 g/mol. The third kappa shape index (κ3) is 5.91. The first kappa shape index (κ1) is 26.7. The van der Waals surface area contributed by atoms with E-state index < -0.39 is 10.0 Å². The van der Waals surface area contributed by atoms with Gasteiger partial charge in [0, 0.05) is 39.3 Å². The highest BCUT2D eigenvalue weighted by Crippen LogP contribution is 2.34. The Morgan fingerprint density at radius 3 is 2.78 bits per heavy atom. The van der Waals surface area contributed by atoms with Crippen LogP contribution in [0.3, 0.4) is 0 Å². The molecule has 0 saturated carbocycles. The zero-order valence-corrected chi connectivity index (χ0v) is 23.8. The SMILES string of the molecule is Cc1cc(C)c2sc(N(CCCN3CCOCC3)C(=O)C3CCCN(S(=O)(=O)c4cccs4)C3)nc2c1. The lowest BCUT2D eigenvalue weighted by Gasteiger charge is -2.34. The average Bonchev–Trinajstić information content (AvgIpc) is 3.58. The Hall–Kier alpha value is -1.89. The fourth-order valence-electron chi connectivity index (χ4n) is 5.18. The number of morpholine rings is 1. The van der Waals surface area contributed by atoms with Crippen molar-refractivity contribution in [3.63, 3.8) is 0 Å². The number of sulfonamides is 1. The predicted molar refractivity (Wildman–Crippen MR) is 149 cm³/mol. The molecule has 0 spiro atoms. The molecule has 2 aromatic heterocycles. The number of hydrogen-bond donors (Lipinski definition) is 0. The number of fused-ring (bicyclic) bond motifs is 1. The number of hydrogen-bond acceptors (Lipinski definition) is 8. The number of carbonyl (C=O) groups excluding carboxylic acids is 1. The number of rotatable bonds is 8. The Labute approximate surface area is 226 Å². The number of anilines is 1. The molecule has 11 heteroatoms. The van der Waals surface area contributed by atoms with Crippen LogP contribution in [0.15, 0.2) is 33.9 Å². The van der Waals surface area contributed by atoms with Gasteiger partial charge in [-0.1, -0.05) is 23.5 Å². The molecule has 2 aliphatic heterocycles. The van der Waals surface area contributed by atoms with Crippen LogP contribution in [0.1, 0.15) is 30.4 Å². The molecule has 2 saturated heterocycles. The standard InChI is InChI=1S/C26H34N4O4S3/c1-19-16-20(2)24-22(17-19)27-26(36-24)30(10-5-8-28-11-13-34-14-12-28)25(31)21-6-3-9-29(18-21)37(32,33)23-7-4-15-35-23/h4,7,15-17,21H,3,5-6,8-14,18H2,1-2H3. The van der Waals surface area contributed by atoms with Crippen molar-refractivity contribution in [1.82, 2.24) is 14.2 Å². The molecule has 0 radical (unpaired) electrons. The van der Waals surface area contributed by atoms with Crippen LogP contribution in [-0.4, -0.2) is 81.0 Å². The maximum absolute atomic E-state index is 14.0. The number of thiazole rings is 1. The first-order valence-electron chi connectivity index (χ1n) is 12.9. The summed E-state index contributed by atoms with van der Waals surface area (Å²) in [5.41, 5.74) is 3.22. The van der Waals surface area contributed by atoms with E-state index in [0.717, 1.165) is 60.6 Å². The van der Waals surface area contributed by atoms with Gasteiger partial charge < -0.3 is 4.74 Å². The van der Waals surface area contributed by atoms with E-state index in [-0.39, 0.29) is 18.4 Å². The van der Waals surface area contributed by atoms with E-state index in [1.807, 2.05) is 4.90 Å². The summed E-state index contributed by atoms with van der Waals surface area (Å²) in [5, 5.41) is 2.47. The molecule has 5 rings (SSSR count). The monoisotopic (exact) mass is 562 g/mol. The fraction of sp³-hybridized carbons (Fsp3) is 0.538. The summed E-state index contributed by atoms with van der Waals surface area (Å²) in [5.74, 6) is -0.414. The molecule has 0 aliphatic carbocycles. The minimum absolute atomic E-state index is 0.0264. The van der Waals surface area contributed by atoms with Gasteiger partial charge in [0.15, 0.2) is 5.13 Å². The molecule has 2 aliphatic rings. The van der Waals surface area contributed by atoms with Crippen LogP contribution < -0.4 is 4.90 Å². The molecule has 1 atom stereocenters. The largest absolute Gasteiger partial charge is 0.379 e. The van der Waals surface area contributed by atoms with Crippen molar-refractivity contribution in [2.24, 2.45) is 5.92 Å². The number of aryl methyl sites for hydroxylation is 2. The highest BCUT2D eigenvalue weighted by Gasteiger charge is 2.36. The summed E-state index contributed by atoms with van der Waals surface area (Å²) >= 11 is 2.77. The van der Waals surface area contributed by atoms with Gasteiger partial charge in [0.25, 0.3) is 10.0 Å². The number of benzene rings is 1. The lowest BCUT2D eigenvalue weighted by atomic mass is 9.98. The smallest absolute Gasteiger partial charge is 0.252 e. The Balaban J connectivity index is 1.38. The van der Waals surface area contributed by atoms with Gasteiger partial charge in [0.1, 0.15) is 4.21 Å². The zero-order valence-electron chi connectivity index (χ0n) is 21.4. The molecule has 3 aromatic rings. The minimum Gasteiger partial charge on any atom is -0.379 e. The summed E-state index contributed by atoms with van der Waals surface area (Å²) in [6, 6.07) is 7.59. The molecule has 1 unspecified atom stereocenters. The highest BCUT2D eigenvalue weighted by molar-refractivity contribution is 7.91. The topological polar surface area (TPSA) is 83.0 Å². The van der Waals surface area contributed by atoms with Gasteiger partial charge >= 0.3 is 0 Å². The van der Waals surface area contributed by atoms with Crippen molar-refractivity contribution in [1.29, 1.82) is 0 Å². The Bertz CT molecular complexity index is 1330. The van der Waals surface area contributed by atoms with Crippen LogP contribution in [0, 0.1) is 19.8 Å². The second-order valence-electron chi connectivity index (χ2n) is 9.86. The van der Waals surface area contributed by atoms with Crippen molar-refractivity contribution in [3.05, 3.63) is 40.8 Å². The van der Waals surface area contributed by atoms with E-state index in [9.17, 15) is 13.2 Å². The van der Waals surface area contributed by atoms with Gasteiger partial charge in [0.05, 0.1) is 29.3 Å². The van der Waals surface area contributed by atoms with E-state index in [1.54, 1.807) is 28.8 Å². The first-order chi connectivity index (χ1) is 17.8. The highest BCUT2D eigenvalue weighted by atomic mass is 32.2. The first-order valence-corrected chi connectivity index (χ1v) is 16.0. The van der Waals surface area contributed by atoms with Crippen LogP contribution in [0.2, 0.25) is 0 Å². The van der Waals surface area contributed by atoms with Crippen LogP contribution in [0.4, 0.5) is 5.13 Å². The fourth-order valence-corrected chi connectivity index (χ4v) is 8.89. The molecule has 2 fully saturated rings. The Kier molecular flexibility index (Phi) is 8.28. The van der Waals surface area contributed by atoms with Gasteiger partial charge in [-0.2, -0.15) is 4.31 Å². The van der Waals surface area contributed by atoms with Crippen molar-refractivity contribution < 1.29 is 17.9 Å².